The Hall–Kier alpha value is -0.360. The van der Waals surface area contributed by atoms with Crippen molar-refractivity contribution < 1.29 is 19.4 Å². The maximum atomic E-state index is 12.1. The van der Waals surface area contributed by atoms with Gasteiger partial charge < -0.3 is 19.9 Å². The van der Waals surface area contributed by atoms with Crippen LogP contribution in [-0.4, -0.2) is 55.0 Å². The van der Waals surface area contributed by atoms with Gasteiger partial charge in [0, 0.05) is 13.7 Å². The summed E-state index contributed by atoms with van der Waals surface area (Å²) in [6, 6.07) is 0.0896. The van der Waals surface area contributed by atoms with Crippen molar-refractivity contribution in [3.05, 3.63) is 0 Å². The molecule has 2 fully saturated rings. The maximum Gasteiger partial charge on any atom is 0.246 e. The molecule has 0 aromatic carbocycles. The van der Waals surface area contributed by atoms with Gasteiger partial charge in [-0.1, -0.05) is 12.8 Å². The zero-order valence-corrected chi connectivity index (χ0v) is 14.1. The van der Waals surface area contributed by atoms with E-state index in [9.17, 15) is 4.79 Å². The molecule has 2 rings (SSSR count). The van der Waals surface area contributed by atoms with E-state index in [0.717, 1.165) is 44.9 Å². The van der Waals surface area contributed by atoms with Crippen LogP contribution in [0.1, 0.15) is 44.9 Å². The molecule has 5 nitrogen and oxygen atoms in total. The van der Waals surface area contributed by atoms with E-state index < -0.39 is 0 Å². The molecule has 0 aromatic heterocycles. The van der Waals surface area contributed by atoms with Crippen LogP contribution < -0.4 is 5.32 Å². The fourth-order valence-electron chi connectivity index (χ4n) is 3.50. The Labute approximate surface area is 137 Å². The van der Waals surface area contributed by atoms with Crippen LogP contribution in [0.25, 0.3) is 0 Å². The lowest BCUT2D eigenvalue weighted by Crippen LogP contribution is -2.47. The number of methoxy groups -OCH3 is 1. The first-order chi connectivity index (χ1) is 10.6. The zero-order valence-electron chi connectivity index (χ0n) is 13.3. The van der Waals surface area contributed by atoms with Crippen LogP contribution >= 0.6 is 11.6 Å². The van der Waals surface area contributed by atoms with Crippen LogP contribution in [0.3, 0.4) is 0 Å². The van der Waals surface area contributed by atoms with Crippen LogP contribution in [0.2, 0.25) is 0 Å². The van der Waals surface area contributed by atoms with Crippen LogP contribution in [-0.2, 0) is 14.3 Å². The molecule has 0 aromatic rings. The monoisotopic (exact) mass is 333 g/mol. The molecule has 0 bridgehead atoms. The highest BCUT2D eigenvalue weighted by molar-refractivity contribution is 6.21. The van der Waals surface area contributed by atoms with Crippen molar-refractivity contribution in [2.45, 2.75) is 68.6 Å². The highest BCUT2D eigenvalue weighted by Crippen LogP contribution is 2.30. The Morgan fingerprint density at radius 2 is 2.00 bits per heavy atom. The Morgan fingerprint density at radius 1 is 1.23 bits per heavy atom. The predicted molar refractivity (Wildman–Crippen MR) is 85.0 cm³/mol. The molecule has 5 atom stereocenters. The summed E-state index contributed by atoms with van der Waals surface area (Å²) in [6.07, 6.45) is 6.71. The summed E-state index contributed by atoms with van der Waals surface area (Å²) in [7, 11) is 1.70. The second-order valence-corrected chi connectivity index (χ2v) is 7.02. The molecule has 6 heteroatoms. The van der Waals surface area contributed by atoms with Gasteiger partial charge in [-0.2, -0.15) is 0 Å². The first kappa shape index (κ1) is 18.0. The quantitative estimate of drug-likeness (QED) is 0.728. The number of amides is 1. The minimum Gasteiger partial charge on any atom is -0.396 e. The predicted octanol–water partition coefficient (Wildman–Crippen LogP) is 1.85. The molecule has 0 saturated heterocycles. The van der Waals surface area contributed by atoms with Gasteiger partial charge in [-0.3, -0.25) is 4.79 Å². The Morgan fingerprint density at radius 3 is 2.68 bits per heavy atom. The third kappa shape index (κ3) is 5.08. The van der Waals surface area contributed by atoms with Crippen molar-refractivity contribution in [3.8, 4) is 0 Å². The van der Waals surface area contributed by atoms with E-state index in [4.69, 9.17) is 26.2 Å². The molecular weight excluding hydrogens is 306 g/mol. The second-order valence-electron chi connectivity index (χ2n) is 6.46. The number of halogens is 1. The first-order valence-electron chi connectivity index (χ1n) is 8.32. The number of aliphatic hydroxyl groups excluding tert-OH is 1. The molecule has 0 radical (unpaired) electrons. The van der Waals surface area contributed by atoms with E-state index in [2.05, 4.69) is 5.32 Å². The molecule has 2 saturated carbocycles. The second kappa shape index (κ2) is 9.06. The number of carbonyl (C=O) groups excluding carboxylic acids is 1. The first-order valence-corrected chi connectivity index (χ1v) is 8.76. The van der Waals surface area contributed by atoms with Crippen LogP contribution in [0, 0.1) is 5.92 Å². The van der Waals surface area contributed by atoms with E-state index >= 15 is 0 Å². The van der Waals surface area contributed by atoms with Crippen LogP contribution in [0.15, 0.2) is 0 Å². The molecular formula is C16H28ClNO4. The van der Waals surface area contributed by atoms with E-state index in [1.807, 2.05) is 0 Å². The molecule has 22 heavy (non-hydrogen) atoms. The standard InChI is InChI=1S/C16H28ClNO4/c1-21-15-5-3-2-4-13(15)18-16(20)10-22-14-7-6-11(9-19)8-12(14)17/h11-15,19H,2-10H2,1H3,(H,18,20). The Balaban J connectivity index is 1.71. The van der Waals surface area contributed by atoms with Gasteiger partial charge in [0.2, 0.25) is 5.91 Å². The van der Waals surface area contributed by atoms with E-state index in [0.29, 0.717) is 0 Å². The number of hydrogen-bond acceptors (Lipinski definition) is 4. The van der Waals surface area contributed by atoms with Crippen molar-refractivity contribution >= 4 is 17.5 Å². The highest BCUT2D eigenvalue weighted by atomic mass is 35.5. The number of aliphatic hydroxyl groups is 1. The fourth-order valence-corrected chi connectivity index (χ4v) is 3.95. The molecule has 0 aliphatic heterocycles. The highest BCUT2D eigenvalue weighted by Gasteiger charge is 2.31. The van der Waals surface area contributed by atoms with Crippen LogP contribution in [0.5, 0.6) is 0 Å². The van der Waals surface area contributed by atoms with Gasteiger partial charge in [-0.25, -0.2) is 0 Å². The third-order valence-electron chi connectivity index (χ3n) is 4.86. The molecule has 2 N–H and O–H groups in total. The number of alkyl halides is 1. The van der Waals surface area contributed by atoms with E-state index in [1.54, 1.807) is 7.11 Å². The molecule has 2 aliphatic carbocycles. The number of carbonyl (C=O) groups is 1. The number of nitrogens with one attached hydrogen (secondary N) is 1. The Kier molecular flexibility index (Phi) is 7.41. The van der Waals surface area contributed by atoms with Crippen molar-refractivity contribution in [3.63, 3.8) is 0 Å². The average molecular weight is 334 g/mol. The largest absolute Gasteiger partial charge is 0.396 e. The molecule has 0 heterocycles. The van der Waals surface area contributed by atoms with Gasteiger partial charge in [-0.05, 0) is 38.0 Å². The summed E-state index contributed by atoms with van der Waals surface area (Å²) < 4.78 is 11.1. The minimum atomic E-state index is -0.125. The zero-order chi connectivity index (χ0) is 15.9. The minimum absolute atomic E-state index is 0.0462. The van der Waals surface area contributed by atoms with Gasteiger partial charge in [0.25, 0.3) is 0 Å². The van der Waals surface area contributed by atoms with Crippen molar-refractivity contribution in [1.82, 2.24) is 5.32 Å². The lowest BCUT2D eigenvalue weighted by molar-refractivity contribution is -0.130. The normalized spacial score (nSPS) is 36.0. The summed E-state index contributed by atoms with van der Waals surface area (Å²) in [5.41, 5.74) is 0. The lowest BCUT2D eigenvalue weighted by Gasteiger charge is -2.33. The third-order valence-corrected chi connectivity index (χ3v) is 5.32. The maximum absolute atomic E-state index is 12.1. The summed E-state index contributed by atoms with van der Waals surface area (Å²) >= 11 is 6.29. The van der Waals surface area contributed by atoms with Crippen molar-refractivity contribution in [1.29, 1.82) is 0 Å². The van der Waals surface area contributed by atoms with Crippen molar-refractivity contribution in [2.24, 2.45) is 5.92 Å². The van der Waals surface area contributed by atoms with E-state index in [-0.39, 0.29) is 48.7 Å². The fraction of sp³-hybridized carbons (Fsp3) is 0.938. The van der Waals surface area contributed by atoms with Gasteiger partial charge in [-0.15, -0.1) is 11.6 Å². The Bertz CT molecular complexity index is 355. The van der Waals surface area contributed by atoms with Gasteiger partial charge >= 0.3 is 0 Å². The summed E-state index contributed by atoms with van der Waals surface area (Å²) in [5.74, 6) is 0.169. The topological polar surface area (TPSA) is 67.8 Å². The van der Waals surface area contributed by atoms with Gasteiger partial charge in [0.1, 0.15) is 6.61 Å². The molecule has 2 aliphatic rings. The lowest BCUT2D eigenvalue weighted by atomic mass is 9.87. The summed E-state index contributed by atoms with van der Waals surface area (Å²) in [4.78, 5) is 12.1. The smallest absolute Gasteiger partial charge is 0.246 e. The average Bonchev–Trinajstić information content (AvgIpc) is 2.54. The summed E-state index contributed by atoms with van der Waals surface area (Å²) in [5, 5.41) is 12.1. The molecule has 128 valence electrons. The number of hydrogen-bond donors (Lipinski definition) is 2. The van der Waals surface area contributed by atoms with Crippen LogP contribution in [0.4, 0.5) is 0 Å². The molecule has 0 spiro atoms. The van der Waals surface area contributed by atoms with Gasteiger partial charge in [0.15, 0.2) is 0 Å². The number of ether oxygens (including phenoxy) is 2. The summed E-state index contributed by atoms with van der Waals surface area (Å²) in [6.45, 7) is 0.223. The molecule has 1 amide bonds. The van der Waals surface area contributed by atoms with E-state index in [1.165, 1.54) is 0 Å². The van der Waals surface area contributed by atoms with Gasteiger partial charge in [0.05, 0.1) is 23.6 Å². The van der Waals surface area contributed by atoms with Crippen molar-refractivity contribution in [2.75, 3.05) is 20.3 Å². The number of rotatable bonds is 6. The SMILES string of the molecule is COC1CCCCC1NC(=O)COC1CCC(CO)CC1Cl. The molecule has 5 unspecified atom stereocenters.